The highest BCUT2D eigenvalue weighted by Gasteiger charge is 2.13. The molecule has 1 saturated heterocycles. The Balaban J connectivity index is 2.37. The van der Waals surface area contributed by atoms with Crippen molar-refractivity contribution >= 4 is 17.7 Å². The molecule has 1 unspecified atom stereocenters. The van der Waals surface area contributed by atoms with Crippen molar-refractivity contribution in [3.63, 3.8) is 0 Å². The fourth-order valence-corrected chi connectivity index (χ4v) is 2.94. The summed E-state index contributed by atoms with van der Waals surface area (Å²) in [4.78, 5) is 6.65. The molecule has 3 N–H and O–H groups in total. The Morgan fingerprint density at radius 2 is 2.12 bits per heavy atom. The van der Waals surface area contributed by atoms with Gasteiger partial charge in [-0.2, -0.15) is 11.8 Å². The lowest BCUT2D eigenvalue weighted by Crippen LogP contribution is -2.42. The maximum atomic E-state index is 8.98. The molecule has 1 fully saturated rings. The van der Waals surface area contributed by atoms with Gasteiger partial charge in [-0.15, -0.1) is 0 Å². The highest BCUT2D eigenvalue weighted by atomic mass is 32.2. The number of nitrogens with two attached hydrogens (primary N) is 1. The van der Waals surface area contributed by atoms with Crippen LogP contribution in [0.4, 0.5) is 0 Å². The van der Waals surface area contributed by atoms with E-state index in [1.165, 1.54) is 0 Å². The summed E-state index contributed by atoms with van der Waals surface area (Å²) < 4.78 is 0. The number of hydrogen-bond donors (Lipinski definition) is 2. The van der Waals surface area contributed by atoms with Gasteiger partial charge in [0, 0.05) is 37.7 Å². The minimum atomic E-state index is 0.250. The number of aliphatic hydroxyl groups excluding tert-OH is 1. The monoisotopic (exact) mass is 259 g/mol. The summed E-state index contributed by atoms with van der Waals surface area (Å²) in [6.07, 6.45) is 3.09. The van der Waals surface area contributed by atoms with Crippen LogP contribution in [0, 0.1) is 5.92 Å². The Kier molecular flexibility index (Phi) is 7.44. The number of aliphatic imine (C=N–C) groups is 1. The van der Waals surface area contributed by atoms with Crippen LogP contribution in [0.15, 0.2) is 4.99 Å². The van der Waals surface area contributed by atoms with Crippen molar-refractivity contribution in [3.8, 4) is 0 Å². The highest BCUT2D eigenvalue weighted by Crippen LogP contribution is 2.12. The van der Waals surface area contributed by atoms with E-state index in [2.05, 4.69) is 16.8 Å². The molecule has 0 amide bonds. The Morgan fingerprint density at radius 1 is 1.41 bits per heavy atom. The van der Waals surface area contributed by atoms with Crippen LogP contribution in [0.3, 0.4) is 0 Å². The molecule has 4 nitrogen and oxygen atoms in total. The molecule has 0 saturated carbocycles. The van der Waals surface area contributed by atoms with Crippen molar-refractivity contribution in [2.45, 2.75) is 26.2 Å². The summed E-state index contributed by atoms with van der Waals surface area (Å²) in [5.74, 6) is 3.45. The molecule has 0 radical (unpaired) electrons. The fourth-order valence-electron chi connectivity index (χ4n) is 2.03. The van der Waals surface area contributed by atoms with E-state index in [9.17, 15) is 0 Å². The number of rotatable bonds is 6. The quantitative estimate of drug-likeness (QED) is 0.555. The van der Waals surface area contributed by atoms with Gasteiger partial charge in [-0.3, -0.25) is 4.99 Å². The number of aliphatic hydroxyl groups is 1. The van der Waals surface area contributed by atoms with Crippen molar-refractivity contribution in [2.75, 3.05) is 37.7 Å². The summed E-state index contributed by atoms with van der Waals surface area (Å²) in [5.41, 5.74) is 5.99. The number of guanidine groups is 1. The minimum absolute atomic E-state index is 0.250. The fraction of sp³-hybridized carbons (Fsp3) is 0.917. The van der Waals surface area contributed by atoms with Crippen molar-refractivity contribution in [1.82, 2.24) is 4.90 Å². The predicted molar refractivity (Wildman–Crippen MR) is 75.5 cm³/mol. The van der Waals surface area contributed by atoms with Crippen LogP contribution >= 0.6 is 11.8 Å². The zero-order valence-corrected chi connectivity index (χ0v) is 11.6. The molecule has 0 aromatic carbocycles. The Labute approximate surface area is 109 Å². The van der Waals surface area contributed by atoms with E-state index in [0.717, 1.165) is 50.4 Å². The average Bonchev–Trinajstić information content (AvgIpc) is 2.37. The van der Waals surface area contributed by atoms with Gasteiger partial charge in [0.2, 0.25) is 0 Å². The van der Waals surface area contributed by atoms with E-state index in [1.54, 1.807) is 0 Å². The maximum Gasteiger partial charge on any atom is 0.191 e. The summed E-state index contributed by atoms with van der Waals surface area (Å²) in [6, 6.07) is 0. The van der Waals surface area contributed by atoms with Gasteiger partial charge in [0.1, 0.15) is 0 Å². The lowest BCUT2D eigenvalue weighted by Gasteiger charge is -2.27. The topological polar surface area (TPSA) is 61.9 Å². The molecule has 1 atom stereocenters. The maximum absolute atomic E-state index is 8.98. The SMILES string of the molecule is CCCC(CCO)CN=C(N)N1CCSCC1. The van der Waals surface area contributed by atoms with E-state index in [4.69, 9.17) is 10.8 Å². The predicted octanol–water partition coefficient (Wildman–Crippen LogP) is 1.15. The minimum Gasteiger partial charge on any atom is -0.396 e. The molecule has 0 aromatic rings. The molecule has 0 aliphatic carbocycles. The summed E-state index contributed by atoms with van der Waals surface area (Å²) in [6.45, 7) is 5.19. The third kappa shape index (κ3) is 5.64. The standard InChI is InChI=1S/C12H25N3OS/c1-2-3-11(4-7-16)10-14-12(13)15-5-8-17-9-6-15/h11,16H,2-10H2,1H3,(H2,13,14). The van der Waals surface area contributed by atoms with Gasteiger partial charge < -0.3 is 15.7 Å². The Morgan fingerprint density at radius 3 is 2.71 bits per heavy atom. The molecule has 0 spiro atoms. The molecule has 1 heterocycles. The Hall–Kier alpha value is -0.420. The van der Waals surface area contributed by atoms with Crippen LogP contribution in [-0.4, -0.2) is 53.7 Å². The van der Waals surface area contributed by atoms with E-state index < -0.39 is 0 Å². The molecule has 1 rings (SSSR count). The van der Waals surface area contributed by atoms with Gasteiger partial charge in [0.15, 0.2) is 5.96 Å². The second kappa shape index (κ2) is 8.64. The van der Waals surface area contributed by atoms with E-state index >= 15 is 0 Å². The second-order valence-electron chi connectivity index (χ2n) is 4.47. The van der Waals surface area contributed by atoms with E-state index in [0.29, 0.717) is 11.9 Å². The van der Waals surface area contributed by atoms with E-state index in [-0.39, 0.29) is 6.61 Å². The third-order valence-electron chi connectivity index (χ3n) is 3.08. The van der Waals surface area contributed by atoms with Gasteiger partial charge in [0.05, 0.1) is 0 Å². The first-order chi connectivity index (χ1) is 8.27. The van der Waals surface area contributed by atoms with Crippen molar-refractivity contribution < 1.29 is 5.11 Å². The normalized spacial score (nSPS) is 19.4. The third-order valence-corrected chi connectivity index (χ3v) is 4.02. The molecule has 5 heteroatoms. The van der Waals surface area contributed by atoms with Gasteiger partial charge in [-0.05, 0) is 18.8 Å². The lowest BCUT2D eigenvalue weighted by atomic mass is 10.0. The van der Waals surface area contributed by atoms with Gasteiger partial charge in [-0.1, -0.05) is 13.3 Å². The smallest absolute Gasteiger partial charge is 0.191 e. The van der Waals surface area contributed by atoms with Crippen LogP contribution in [-0.2, 0) is 0 Å². The number of nitrogens with zero attached hydrogens (tertiary/aromatic N) is 2. The second-order valence-corrected chi connectivity index (χ2v) is 5.69. The molecule has 0 bridgehead atoms. The molecular formula is C12H25N3OS. The van der Waals surface area contributed by atoms with Crippen LogP contribution < -0.4 is 5.73 Å². The number of hydrogen-bond acceptors (Lipinski definition) is 3. The summed E-state index contributed by atoms with van der Waals surface area (Å²) >= 11 is 1.97. The van der Waals surface area contributed by atoms with Crippen LogP contribution in [0.5, 0.6) is 0 Å². The first-order valence-electron chi connectivity index (χ1n) is 6.51. The molecular weight excluding hydrogens is 234 g/mol. The van der Waals surface area contributed by atoms with Crippen LogP contribution in [0.1, 0.15) is 26.2 Å². The molecule has 0 aromatic heterocycles. The Bertz CT molecular complexity index is 224. The van der Waals surface area contributed by atoms with E-state index in [1.807, 2.05) is 11.8 Å². The largest absolute Gasteiger partial charge is 0.396 e. The first-order valence-corrected chi connectivity index (χ1v) is 7.66. The lowest BCUT2D eigenvalue weighted by molar-refractivity contribution is 0.253. The van der Waals surface area contributed by atoms with Crippen molar-refractivity contribution in [2.24, 2.45) is 16.6 Å². The van der Waals surface area contributed by atoms with Gasteiger partial charge in [0.25, 0.3) is 0 Å². The molecule has 17 heavy (non-hydrogen) atoms. The molecule has 1 aliphatic rings. The average molecular weight is 259 g/mol. The van der Waals surface area contributed by atoms with Crippen molar-refractivity contribution in [3.05, 3.63) is 0 Å². The van der Waals surface area contributed by atoms with Gasteiger partial charge in [-0.25, -0.2) is 0 Å². The van der Waals surface area contributed by atoms with Crippen LogP contribution in [0.2, 0.25) is 0 Å². The zero-order valence-electron chi connectivity index (χ0n) is 10.8. The molecule has 100 valence electrons. The highest BCUT2D eigenvalue weighted by molar-refractivity contribution is 7.99. The molecule has 1 aliphatic heterocycles. The van der Waals surface area contributed by atoms with Gasteiger partial charge >= 0.3 is 0 Å². The summed E-state index contributed by atoms with van der Waals surface area (Å²) in [7, 11) is 0. The summed E-state index contributed by atoms with van der Waals surface area (Å²) in [5, 5.41) is 8.98. The first kappa shape index (κ1) is 14.6. The van der Waals surface area contributed by atoms with Crippen LogP contribution in [0.25, 0.3) is 0 Å². The van der Waals surface area contributed by atoms with Crippen molar-refractivity contribution in [1.29, 1.82) is 0 Å². The zero-order chi connectivity index (χ0) is 12.5. The number of thioether (sulfide) groups is 1.